The topological polar surface area (TPSA) is 92.8 Å². The van der Waals surface area contributed by atoms with Crippen molar-refractivity contribution in [2.45, 2.75) is 71.1 Å². The average Bonchev–Trinajstić information content (AvgIpc) is 3.04. The molecule has 2 aliphatic carbocycles. The third kappa shape index (κ3) is 3.94. The molecule has 0 saturated heterocycles. The van der Waals surface area contributed by atoms with E-state index < -0.39 is 0 Å². The van der Waals surface area contributed by atoms with Crippen LogP contribution in [0.4, 0.5) is 0 Å². The molecule has 0 amide bonds. The van der Waals surface area contributed by atoms with Crippen LogP contribution in [0.25, 0.3) is 0 Å². The third-order valence-electron chi connectivity index (χ3n) is 5.01. The number of aliphatic imine (C=N–C) groups is 1. The van der Waals surface area contributed by atoms with Crippen molar-refractivity contribution in [1.29, 1.82) is 0 Å². The van der Waals surface area contributed by atoms with E-state index in [9.17, 15) is 14.7 Å². The van der Waals surface area contributed by atoms with E-state index in [-0.39, 0.29) is 23.7 Å². The van der Waals surface area contributed by atoms with E-state index >= 15 is 0 Å². The van der Waals surface area contributed by atoms with Gasteiger partial charge in [-0.25, -0.2) is 0 Å². The lowest BCUT2D eigenvalue weighted by Crippen LogP contribution is -2.22. The molecule has 6 heteroatoms. The fraction of sp³-hybridized carbons (Fsp3) is 0.600. The average molecular weight is 358 g/mol. The Balaban J connectivity index is 1.77. The number of ketones is 2. The van der Waals surface area contributed by atoms with Gasteiger partial charge in [-0.15, -0.1) is 0 Å². The highest BCUT2D eigenvalue weighted by Crippen LogP contribution is 2.27. The number of Topliss-reactive ketones (excluding diaryl/α,β-unsaturated/α-hetero) is 2. The lowest BCUT2D eigenvalue weighted by Gasteiger charge is -2.18. The van der Waals surface area contributed by atoms with Crippen LogP contribution in [-0.2, 0) is 17.6 Å². The summed E-state index contributed by atoms with van der Waals surface area (Å²) >= 11 is 0. The summed E-state index contributed by atoms with van der Waals surface area (Å²) in [6.07, 6.45) is 6.66. The number of carbonyl (C=O) groups excluding carboxylic acids is 2. The number of hydrogen-bond acceptors (Lipinski definition) is 6. The number of unbranched alkanes of at least 4 members (excludes halogenated alkanes) is 1. The maximum absolute atomic E-state index is 12.3. The number of hydrogen-bond donors (Lipinski definition) is 1. The minimum atomic E-state index is -0.0396. The molecule has 0 aliphatic heterocycles. The Kier molecular flexibility index (Phi) is 6.01. The Labute approximate surface area is 153 Å². The molecule has 1 heterocycles. The van der Waals surface area contributed by atoms with E-state index in [1.54, 1.807) is 0 Å². The van der Waals surface area contributed by atoms with E-state index in [0.717, 1.165) is 44.2 Å². The molecule has 0 bridgehead atoms. The van der Waals surface area contributed by atoms with Crippen LogP contribution in [-0.4, -0.2) is 34.1 Å². The largest absolute Gasteiger partial charge is 0.511 e. The number of aromatic nitrogens is 1. The lowest BCUT2D eigenvalue weighted by molar-refractivity contribution is -0.115. The molecule has 1 fully saturated rings. The molecule has 0 atom stereocenters. The van der Waals surface area contributed by atoms with Gasteiger partial charge in [-0.1, -0.05) is 18.5 Å². The normalized spacial score (nSPS) is 21.2. The van der Waals surface area contributed by atoms with Crippen molar-refractivity contribution in [3.8, 4) is 0 Å². The van der Waals surface area contributed by atoms with Crippen LogP contribution in [0.15, 0.2) is 20.8 Å². The zero-order chi connectivity index (χ0) is 18.5. The first-order chi connectivity index (χ1) is 12.6. The van der Waals surface area contributed by atoms with Crippen LogP contribution in [0, 0.1) is 0 Å². The molecule has 0 unspecified atom stereocenters. The lowest BCUT2D eigenvalue weighted by atomic mass is 9.88. The van der Waals surface area contributed by atoms with Crippen molar-refractivity contribution in [3.05, 3.63) is 28.3 Å². The number of rotatable bonds is 6. The van der Waals surface area contributed by atoms with E-state index in [1.165, 1.54) is 0 Å². The van der Waals surface area contributed by atoms with Crippen molar-refractivity contribution in [2.24, 2.45) is 4.99 Å². The molecular formula is C20H26N2O4. The number of nitrogens with zero attached hydrogens (tertiary/aromatic N) is 2. The molecule has 1 saturated carbocycles. The van der Waals surface area contributed by atoms with Crippen LogP contribution in [0.2, 0.25) is 0 Å². The Morgan fingerprint density at radius 2 is 1.92 bits per heavy atom. The highest BCUT2D eigenvalue weighted by Gasteiger charge is 2.28. The summed E-state index contributed by atoms with van der Waals surface area (Å²) in [4.78, 5) is 29.0. The number of allylic oxidation sites excluding steroid dienone is 2. The van der Waals surface area contributed by atoms with E-state index in [1.807, 2.05) is 0 Å². The van der Waals surface area contributed by atoms with Crippen molar-refractivity contribution < 1.29 is 19.2 Å². The van der Waals surface area contributed by atoms with E-state index in [4.69, 9.17) is 4.52 Å². The molecule has 1 aromatic rings. The minimum absolute atomic E-state index is 0.0396. The van der Waals surface area contributed by atoms with Crippen LogP contribution in [0.3, 0.4) is 0 Å². The van der Waals surface area contributed by atoms with Gasteiger partial charge in [-0.05, 0) is 25.7 Å². The smallest absolute Gasteiger partial charge is 0.168 e. The Morgan fingerprint density at radius 3 is 2.73 bits per heavy atom. The molecule has 1 N–H and O–H groups in total. The SMILES string of the molecule is CCCCN=C1CCCC(=O)C1=C(O)CCc1noc2c1C(=O)CCC2. The van der Waals surface area contributed by atoms with Crippen LogP contribution in [0.5, 0.6) is 0 Å². The Morgan fingerprint density at radius 1 is 1.15 bits per heavy atom. The molecule has 1 aromatic heterocycles. The second kappa shape index (κ2) is 8.43. The first kappa shape index (κ1) is 18.5. The van der Waals surface area contributed by atoms with Gasteiger partial charge in [-0.3, -0.25) is 14.6 Å². The summed E-state index contributed by atoms with van der Waals surface area (Å²) in [5.74, 6) is 0.733. The standard InChI is InChI=1S/C20H26N2O4/c1-2-3-12-21-13-6-4-7-15(23)19(13)17(25)11-10-14-20-16(24)8-5-9-18(20)26-22-14/h25H,2-12H2,1H3. The van der Waals surface area contributed by atoms with E-state index in [0.29, 0.717) is 48.4 Å². The van der Waals surface area contributed by atoms with Gasteiger partial charge in [0.1, 0.15) is 11.5 Å². The molecule has 0 spiro atoms. The number of aryl methyl sites for hydroxylation is 2. The number of carbonyl (C=O) groups is 2. The number of fused-ring (bicyclic) bond motifs is 1. The number of aliphatic hydroxyl groups excluding tert-OH is 1. The van der Waals surface area contributed by atoms with Gasteiger partial charge in [0.05, 0.1) is 16.8 Å². The van der Waals surface area contributed by atoms with Gasteiger partial charge in [0, 0.05) is 44.4 Å². The van der Waals surface area contributed by atoms with Gasteiger partial charge >= 0.3 is 0 Å². The van der Waals surface area contributed by atoms with Gasteiger partial charge in [0.25, 0.3) is 0 Å². The van der Waals surface area contributed by atoms with E-state index in [2.05, 4.69) is 17.1 Å². The highest BCUT2D eigenvalue weighted by atomic mass is 16.5. The predicted octanol–water partition coefficient (Wildman–Crippen LogP) is 3.93. The predicted molar refractivity (Wildman–Crippen MR) is 97.8 cm³/mol. The summed E-state index contributed by atoms with van der Waals surface area (Å²) < 4.78 is 5.28. The summed E-state index contributed by atoms with van der Waals surface area (Å²) in [6, 6.07) is 0. The Hall–Kier alpha value is -2.24. The van der Waals surface area contributed by atoms with Crippen molar-refractivity contribution >= 4 is 17.3 Å². The van der Waals surface area contributed by atoms with Gasteiger partial charge in [0.15, 0.2) is 11.6 Å². The molecule has 6 nitrogen and oxygen atoms in total. The maximum Gasteiger partial charge on any atom is 0.168 e. The second-order valence-corrected chi connectivity index (χ2v) is 6.98. The zero-order valence-corrected chi connectivity index (χ0v) is 15.3. The Bertz CT molecular complexity index is 758. The molecule has 3 rings (SSSR count). The monoisotopic (exact) mass is 358 g/mol. The van der Waals surface area contributed by atoms with Crippen molar-refractivity contribution in [3.63, 3.8) is 0 Å². The maximum atomic E-state index is 12.3. The summed E-state index contributed by atoms with van der Waals surface area (Å²) in [7, 11) is 0. The van der Waals surface area contributed by atoms with Crippen LogP contribution in [0.1, 0.15) is 80.1 Å². The van der Waals surface area contributed by atoms with Crippen LogP contribution < -0.4 is 0 Å². The molecule has 2 aliphatic rings. The second-order valence-electron chi connectivity index (χ2n) is 6.98. The number of aliphatic hydroxyl groups is 1. The molecule has 0 radical (unpaired) electrons. The van der Waals surface area contributed by atoms with Crippen molar-refractivity contribution in [1.82, 2.24) is 5.16 Å². The molecule has 26 heavy (non-hydrogen) atoms. The minimum Gasteiger partial charge on any atom is -0.511 e. The van der Waals surface area contributed by atoms with Crippen LogP contribution >= 0.6 is 0 Å². The quantitative estimate of drug-likeness (QED) is 0.472. The fourth-order valence-corrected chi connectivity index (χ4v) is 3.60. The van der Waals surface area contributed by atoms with Gasteiger partial charge in [0.2, 0.25) is 0 Å². The molecule has 140 valence electrons. The fourth-order valence-electron chi connectivity index (χ4n) is 3.60. The summed E-state index contributed by atoms with van der Waals surface area (Å²) in [6.45, 7) is 2.78. The summed E-state index contributed by atoms with van der Waals surface area (Å²) in [5.41, 5.74) is 2.28. The zero-order valence-electron chi connectivity index (χ0n) is 15.3. The third-order valence-corrected chi connectivity index (χ3v) is 5.01. The first-order valence-electron chi connectivity index (χ1n) is 9.61. The van der Waals surface area contributed by atoms with Gasteiger partial charge in [-0.2, -0.15) is 0 Å². The molecule has 0 aromatic carbocycles. The first-order valence-corrected chi connectivity index (χ1v) is 9.61. The highest BCUT2D eigenvalue weighted by molar-refractivity contribution is 6.24. The summed E-state index contributed by atoms with van der Waals surface area (Å²) in [5, 5.41) is 14.6. The van der Waals surface area contributed by atoms with Crippen molar-refractivity contribution in [2.75, 3.05) is 6.54 Å². The molecular weight excluding hydrogens is 332 g/mol. The van der Waals surface area contributed by atoms with Gasteiger partial charge < -0.3 is 9.63 Å².